The molecule has 0 amide bonds. The second kappa shape index (κ2) is 3.05. The Morgan fingerprint density at radius 2 is 2.10 bits per heavy atom. The molecular formula is C10H15. The van der Waals surface area contributed by atoms with Gasteiger partial charge in [0.1, 0.15) is 0 Å². The fourth-order valence-electron chi connectivity index (χ4n) is 1.39. The molecule has 0 N–H and O–H groups in total. The van der Waals surface area contributed by atoms with Gasteiger partial charge in [-0.05, 0) is 31.3 Å². The van der Waals surface area contributed by atoms with E-state index in [-0.39, 0.29) is 0 Å². The topological polar surface area (TPSA) is 0 Å². The Bertz CT molecular complexity index is 170. The Morgan fingerprint density at radius 3 is 2.50 bits per heavy atom. The lowest BCUT2D eigenvalue weighted by Gasteiger charge is -2.15. The normalized spacial score (nSPS) is 18.8. The van der Waals surface area contributed by atoms with Crippen molar-refractivity contribution < 1.29 is 0 Å². The van der Waals surface area contributed by atoms with Crippen LogP contribution in [0.25, 0.3) is 0 Å². The second-order valence-corrected chi connectivity index (χ2v) is 3.14. The molecule has 0 aromatic carbocycles. The minimum Gasteiger partial charge on any atom is -0.0802 e. The fraction of sp³-hybridized carbons (Fsp3) is 0.500. The molecule has 0 heterocycles. The van der Waals surface area contributed by atoms with E-state index in [0.717, 1.165) is 6.42 Å². The van der Waals surface area contributed by atoms with E-state index in [1.54, 1.807) is 0 Å². The average Bonchev–Trinajstić information content (AvgIpc) is 1.88. The summed E-state index contributed by atoms with van der Waals surface area (Å²) >= 11 is 0. The van der Waals surface area contributed by atoms with E-state index < -0.39 is 0 Å². The zero-order valence-corrected chi connectivity index (χ0v) is 7.02. The van der Waals surface area contributed by atoms with Crippen molar-refractivity contribution in [2.45, 2.75) is 27.2 Å². The zero-order valence-electron chi connectivity index (χ0n) is 7.02. The summed E-state index contributed by atoms with van der Waals surface area (Å²) in [5, 5.41) is 0. The van der Waals surface area contributed by atoms with Crippen LogP contribution in [0.2, 0.25) is 0 Å². The summed E-state index contributed by atoms with van der Waals surface area (Å²) in [5.74, 6) is 0.685. The van der Waals surface area contributed by atoms with Crippen LogP contribution < -0.4 is 0 Å². The molecule has 10 heavy (non-hydrogen) atoms. The quantitative estimate of drug-likeness (QED) is 0.518. The second-order valence-electron chi connectivity index (χ2n) is 3.14. The lowest BCUT2D eigenvalue weighted by molar-refractivity contribution is 0.767. The molecule has 0 saturated carbocycles. The molecule has 0 unspecified atom stereocenters. The molecule has 0 atom stereocenters. The summed E-state index contributed by atoms with van der Waals surface area (Å²) < 4.78 is 0. The molecule has 0 aromatic rings. The van der Waals surface area contributed by atoms with E-state index in [4.69, 9.17) is 0 Å². The van der Waals surface area contributed by atoms with Crippen LogP contribution in [0.4, 0.5) is 0 Å². The summed E-state index contributed by atoms with van der Waals surface area (Å²) in [6.45, 7) is 6.67. The number of rotatable bonds is 1. The van der Waals surface area contributed by atoms with Gasteiger partial charge in [-0.1, -0.05) is 31.6 Å². The Balaban J connectivity index is 2.74. The molecule has 0 saturated heterocycles. The maximum absolute atomic E-state index is 2.32. The van der Waals surface area contributed by atoms with Crippen LogP contribution in [0.15, 0.2) is 23.3 Å². The van der Waals surface area contributed by atoms with Crippen LogP contribution in [-0.2, 0) is 0 Å². The highest BCUT2D eigenvalue weighted by molar-refractivity contribution is 5.36. The van der Waals surface area contributed by atoms with E-state index in [9.17, 15) is 0 Å². The average molecular weight is 135 g/mol. The maximum atomic E-state index is 2.32. The van der Waals surface area contributed by atoms with Gasteiger partial charge in [-0.15, -0.1) is 0 Å². The Morgan fingerprint density at radius 1 is 1.40 bits per heavy atom. The van der Waals surface area contributed by atoms with Crippen molar-refractivity contribution in [2.75, 3.05) is 0 Å². The summed E-state index contributed by atoms with van der Waals surface area (Å²) in [7, 11) is 0. The van der Waals surface area contributed by atoms with Gasteiger partial charge in [0.15, 0.2) is 0 Å². The van der Waals surface area contributed by atoms with Crippen molar-refractivity contribution in [3.63, 3.8) is 0 Å². The lowest BCUT2D eigenvalue weighted by Crippen LogP contribution is -1.99. The van der Waals surface area contributed by atoms with Gasteiger partial charge in [-0.2, -0.15) is 0 Å². The number of allylic oxidation sites excluding steroid dienone is 4. The van der Waals surface area contributed by atoms with E-state index in [1.165, 1.54) is 11.1 Å². The van der Waals surface area contributed by atoms with Gasteiger partial charge in [0.05, 0.1) is 0 Å². The molecule has 1 radical (unpaired) electrons. The van der Waals surface area contributed by atoms with Crippen molar-refractivity contribution in [2.24, 2.45) is 5.92 Å². The third-order valence-electron chi connectivity index (χ3n) is 1.92. The Kier molecular flexibility index (Phi) is 2.31. The predicted octanol–water partition coefficient (Wildman–Crippen LogP) is 3.12. The van der Waals surface area contributed by atoms with Crippen LogP contribution in [0.3, 0.4) is 0 Å². The van der Waals surface area contributed by atoms with Gasteiger partial charge in [-0.3, -0.25) is 0 Å². The largest absolute Gasteiger partial charge is 0.0802 e. The Hall–Kier alpha value is -0.520. The summed E-state index contributed by atoms with van der Waals surface area (Å²) in [4.78, 5) is 0. The van der Waals surface area contributed by atoms with Gasteiger partial charge in [0, 0.05) is 0 Å². The SMILES string of the molecule is CC1=C[CH]CC=C1C(C)C. The van der Waals surface area contributed by atoms with E-state index >= 15 is 0 Å². The summed E-state index contributed by atoms with van der Waals surface area (Å²) in [6, 6.07) is 0. The van der Waals surface area contributed by atoms with Crippen LogP contribution in [-0.4, -0.2) is 0 Å². The van der Waals surface area contributed by atoms with Crippen LogP contribution in [0.5, 0.6) is 0 Å². The van der Waals surface area contributed by atoms with E-state index in [2.05, 4.69) is 39.3 Å². The molecule has 0 bridgehead atoms. The molecule has 0 spiro atoms. The molecular weight excluding hydrogens is 120 g/mol. The third-order valence-corrected chi connectivity index (χ3v) is 1.92. The molecule has 0 heteroatoms. The van der Waals surface area contributed by atoms with Crippen LogP contribution in [0.1, 0.15) is 27.2 Å². The standard InChI is InChI=1S/C10H15/c1-8(2)10-7-5-4-6-9(10)3/h4,6-8H,5H2,1-3H3. The Labute approximate surface area is 63.6 Å². The first-order valence-corrected chi connectivity index (χ1v) is 3.92. The first-order valence-electron chi connectivity index (χ1n) is 3.92. The highest BCUT2D eigenvalue weighted by Crippen LogP contribution is 2.23. The van der Waals surface area contributed by atoms with Crippen molar-refractivity contribution in [3.8, 4) is 0 Å². The van der Waals surface area contributed by atoms with Gasteiger partial charge in [-0.25, -0.2) is 0 Å². The lowest BCUT2D eigenvalue weighted by atomic mass is 9.91. The highest BCUT2D eigenvalue weighted by Gasteiger charge is 2.07. The monoisotopic (exact) mass is 135 g/mol. The molecule has 1 rings (SSSR count). The number of hydrogen-bond donors (Lipinski definition) is 0. The molecule has 0 aromatic heterocycles. The highest BCUT2D eigenvalue weighted by atomic mass is 14.1. The molecule has 0 aliphatic heterocycles. The van der Waals surface area contributed by atoms with Crippen molar-refractivity contribution >= 4 is 0 Å². The van der Waals surface area contributed by atoms with Crippen LogP contribution in [0, 0.1) is 12.3 Å². The molecule has 1 aliphatic rings. The van der Waals surface area contributed by atoms with Crippen molar-refractivity contribution in [1.29, 1.82) is 0 Å². The third kappa shape index (κ3) is 1.50. The maximum Gasteiger partial charge on any atom is -0.0127 e. The van der Waals surface area contributed by atoms with Crippen LogP contribution >= 0.6 is 0 Å². The smallest absolute Gasteiger partial charge is 0.0127 e. The predicted molar refractivity (Wildman–Crippen MR) is 45.6 cm³/mol. The first-order chi connectivity index (χ1) is 4.72. The summed E-state index contributed by atoms with van der Waals surface area (Å²) in [5.41, 5.74) is 2.95. The molecule has 55 valence electrons. The minimum absolute atomic E-state index is 0.685. The van der Waals surface area contributed by atoms with Crippen molar-refractivity contribution in [1.82, 2.24) is 0 Å². The first kappa shape index (κ1) is 7.59. The van der Waals surface area contributed by atoms with E-state index in [1.807, 2.05) is 0 Å². The molecule has 1 aliphatic carbocycles. The van der Waals surface area contributed by atoms with Gasteiger partial charge >= 0.3 is 0 Å². The molecule has 0 fully saturated rings. The summed E-state index contributed by atoms with van der Waals surface area (Å²) in [6.07, 6.45) is 7.86. The minimum atomic E-state index is 0.685. The number of hydrogen-bond acceptors (Lipinski definition) is 0. The molecule has 0 nitrogen and oxygen atoms in total. The van der Waals surface area contributed by atoms with Gasteiger partial charge < -0.3 is 0 Å². The van der Waals surface area contributed by atoms with Crippen molar-refractivity contribution in [3.05, 3.63) is 29.7 Å². The zero-order chi connectivity index (χ0) is 7.56. The van der Waals surface area contributed by atoms with E-state index in [0.29, 0.717) is 5.92 Å². The fourth-order valence-corrected chi connectivity index (χ4v) is 1.39. The van der Waals surface area contributed by atoms with Gasteiger partial charge in [0.25, 0.3) is 0 Å². The van der Waals surface area contributed by atoms with Gasteiger partial charge in [0.2, 0.25) is 0 Å².